The molecule has 0 aromatic heterocycles. The average Bonchev–Trinajstić information content (AvgIpc) is 1.68. The predicted octanol–water partition coefficient (Wildman–Crippen LogP) is 2.39. The van der Waals surface area contributed by atoms with E-state index in [0.717, 1.165) is 9.28 Å². The highest BCUT2D eigenvalue weighted by Gasteiger charge is 1.87. The van der Waals surface area contributed by atoms with Gasteiger partial charge < -0.3 is 0 Å². The predicted molar refractivity (Wildman–Crippen MR) is 44.2 cm³/mol. The highest BCUT2D eigenvalue weighted by Crippen LogP contribution is 2.12. The summed E-state index contributed by atoms with van der Waals surface area (Å²) in [5.74, 6) is 1.10. The van der Waals surface area contributed by atoms with Crippen LogP contribution in [0, 0.1) is 0 Å². The lowest BCUT2D eigenvalue weighted by molar-refractivity contribution is 1.54. The van der Waals surface area contributed by atoms with E-state index in [2.05, 4.69) is 6.92 Å². The molecule has 0 N–H and O–H groups in total. The third-order valence-corrected chi connectivity index (χ3v) is 2.99. The number of thiocarbonyl (C=S) groups is 1. The molecule has 0 fully saturated rings. The van der Waals surface area contributed by atoms with E-state index in [-0.39, 0.29) is 0 Å². The molecule has 0 unspecified atom stereocenters. The Balaban J connectivity index is 3.00. The molecule has 0 aliphatic carbocycles. The SMILES string of the molecule is CCSC(=S)SC. The minimum Gasteiger partial charge on any atom is -0.111 e. The fourth-order valence-corrected chi connectivity index (χ4v) is 1.59. The van der Waals surface area contributed by atoms with Crippen LogP contribution < -0.4 is 0 Å². The molecule has 0 saturated carbocycles. The molecule has 0 spiro atoms. The van der Waals surface area contributed by atoms with Crippen molar-refractivity contribution in [2.45, 2.75) is 6.92 Å². The molecule has 0 nitrogen and oxygen atoms in total. The van der Waals surface area contributed by atoms with Crippen molar-refractivity contribution in [1.29, 1.82) is 0 Å². The third kappa shape index (κ3) is 4.65. The Morgan fingerprint density at radius 1 is 1.71 bits per heavy atom. The van der Waals surface area contributed by atoms with Gasteiger partial charge >= 0.3 is 0 Å². The Morgan fingerprint density at radius 2 is 2.29 bits per heavy atom. The summed E-state index contributed by atoms with van der Waals surface area (Å²) >= 11 is 8.25. The fourth-order valence-electron chi connectivity index (χ4n) is 0.177. The van der Waals surface area contributed by atoms with E-state index in [1.165, 1.54) is 0 Å². The molecular formula is C4H8S3. The van der Waals surface area contributed by atoms with Crippen LogP contribution in [-0.2, 0) is 0 Å². The molecule has 0 rings (SSSR count). The number of rotatable bonds is 1. The van der Waals surface area contributed by atoms with Gasteiger partial charge in [-0.1, -0.05) is 19.1 Å². The van der Waals surface area contributed by atoms with Crippen LogP contribution in [-0.4, -0.2) is 15.5 Å². The summed E-state index contributed by atoms with van der Waals surface area (Å²) < 4.78 is 1.04. The van der Waals surface area contributed by atoms with Crippen LogP contribution in [0.1, 0.15) is 6.92 Å². The van der Waals surface area contributed by atoms with Crippen molar-refractivity contribution in [3.63, 3.8) is 0 Å². The van der Waals surface area contributed by atoms with Crippen molar-refractivity contribution in [3.8, 4) is 0 Å². The summed E-state index contributed by atoms with van der Waals surface area (Å²) in [4.78, 5) is 0. The highest BCUT2D eigenvalue weighted by molar-refractivity contribution is 8.46. The van der Waals surface area contributed by atoms with E-state index >= 15 is 0 Å². The van der Waals surface area contributed by atoms with Gasteiger partial charge in [0, 0.05) is 0 Å². The zero-order chi connectivity index (χ0) is 5.70. The van der Waals surface area contributed by atoms with Gasteiger partial charge in [-0.15, -0.1) is 23.5 Å². The van der Waals surface area contributed by atoms with Crippen molar-refractivity contribution in [1.82, 2.24) is 0 Å². The number of thioether (sulfide) groups is 2. The Hall–Kier alpha value is 0.790. The summed E-state index contributed by atoms with van der Waals surface area (Å²) in [6.07, 6.45) is 2.00. The lowest BCUT2D eigenvalue weighted by atomic mass is 11.0. The number of hydrogen-bond acceptors (Lipinski definition) is 3. The average molecular weight is 152 g/mol. The molecular weight excluding hydrogens is 144 g/mol. The number of hydrogen-bond donors (Lipinski definition) is 0. The summed E-state index contributed by atoms with van der Waals surface area (Å²) in [7, 11) is 0. The second-order valence-electron chi connectivity index (χ2n) is 0.887. The van der Waals surface area contributed by atoms with Crippen LogP contribution >= 0.6 is 35.7 Å². The molecule has 3 heteroatoms. The summed E-state index contributed by atoms with van der Waals surface area (Å²) in [5, 5.41) is 0. The van der Waals surface area contributed by atoms with Crippen LogP contribution in [0.2, 0.25) is 0 Å². The Bertz CT molecular complexity index is 60.0. The van der Waals surface area contributed by atoms with E-state index in [4.69, 9.17) is 12.2 Å². The summed E-state index contributed by atoms with van der Waals surface area (Å²) in [6.45, 7) is 2.10. The minimum atomic E-state index is 1.04. The van der Waals surface area contributed by atoms with Gasteiger partial charge in [-0.3, -0.25) is 0 Å². The van der Waals surface area contributed by atoms with E-state index in [1.54, 1.807) is 23.5 Å². The van der Waals surface area contributed by atoms with Crippen molar-refractivity contribution in [2.75, 3.05) is 12.0 Å². The maximum atomic E-state index is 4.88. The normalized spacial score (nSPS) is 8.86. The van der Waals surface area contributed by atoms with Gasteiger partial charge in [-0.25, -0.2) is 0 Å². The molecule has 0 saturated heterocycles. The van der Waals surface area contributed by atoms with Gasteiger partial charge in [-0.2, -0.15) is 0 Å². The second-order valence-corrected chi connectivity index (χ2v) is 4.16. The third-order valence-electron chi connectivity index (χ3n) is 0.429. The maximum absolute atomic E-state index is 4.88. The van der Waals surface area contributed by atoms with E-state index in [9.17, 15) is 0 Å². The topological polar surface area (TPSA) is 0 Å². The maximum Gasteiger partial charge on any atom is 0.103 e. The molecule has 0 bridgehead atoms. The summed E-state index contributed by atoms with van der Waals surface area (Å²) in [6, 6.07) is 0. The van der Waals surface area contributed by atoms with Crippen molar-refractivity contribution in [2.24, 2.45) is 0 Å². The lowest BCUT2D eigenvalue weighted by Gasteiger charge is -1.90. The summed E-state index contributed by atoms with van der Waals surface area (Å²) in [5.41, 5.74) is 0. The smallest absolute Gasteiger partial charge is 0.103 e. The van der Waals surface area contributed by atoms with E-state index in [1.807, 2.05) is 6.26 Å². The minimum absolute atomic E-state index is 1.04. The first-order valence-corrected chi connectivity index (χ1v) is 4.63. The Morgan fingerprint density at radius 3 is 2.43 bits per heavy atom. The second kappa shape index (κ2) is 4.94. The largest absolute Gasteiger partial charge is 0.111 e. The molecule has 0 aliphatic heterocycles. The van der Waals surface area contributed by atoms with Crippen LogP contribution in [0.25, 0.3) is 0 Å². The van der Waals surface area contributed by atoms with E-state index in [0.29, 0.717) is 0 Å². The van der Waals surface area contributed by atoms with Gasteiger partial charge in [-0.05, 0) is 12.0 Å². The zero-order valence-corrected chi connectivity index (χ0v) is 6.88. The molecule has 42 valence electrons. The molecule has 0 atom stereocenters. The Kier molecular flexibility index (Phi) is 5.49. The van der Waals surface area contributed by atoms with Gasteiger partial charge in [0.05, 0.1) is 0 Å². The van der Waals surface area contributed by atoms with Gasteiger partial charge in [0.15, 0.2) is 0 Å². The Labute approximate surface area is 58.4 Å². The fraction of sp³-hybridized carbons (Fsp3) is 0.750. The van der Waals surface area contributed by atoms with Crippen molar-refractivity contribution < 1.29 is 0 Å². The van der Waals surface area contributed by atoms with Crippen LogP contribution in [0.5, 0.6) is 0 Å². The standard InChI is InChI=1S/C4H8S3/c1-3-7-4(5)6-2/h3H2,1-2H3. The van der Waals surface area contributed by atoms with E-state index < -0.39 is 0 Å². The van der Waals surface area contributed by atoms with Crippen LogP contribution in [0.15, 0.2) is 0 Å². The monoisotopic (exact) mass is 152 g/mol. The van der Waals surface area contributed by atoms with Crippen molar-refractivity contribution in [3.05, 3.63) is 0 Å². The molecule has 0 aromatic carbocycles. The first-order valence-electron chi connectivity index (χ1n) is 2.02. The van der Waals surface area contributed by atoms with Gasteiger partial charge in [0.25, 0.3) is 0 Å². The molecule has 7 heavy (non-hydrogen) atoms. The molecule has 0 heterocycles. The van der Waals surface area contributed by atoms with Crippen LogP contribution in [0.4, 0.5) is 0 Å². The van der Waals surface area contributed by atoms with Gasteiger partial charge in [0.2, 0.25) is 0 Å². The molecule has 0 aromatic rings. The first-order chi connectivity index (χ1) is 3.31. The van der Waals surface area contributed by atoms with Crippen LogP contribution in [0.3, 0.4) is 0 Å². The molecule has 0 aliphatic rings. The quantitative estimate of drug-likeness (QED) is 0.530. The molecule has 0 amide bonds. The molecule has 0 radical (unpaired) electrons. The lowest BCUT2D eigenvalue weighted by Crippen LogP contribution is -1.75. The highest BCUT2D eigenvalue weighted by atomic mass is 32.2. The zero-order valence-electron chi connectivity index (χ0n) is 4.43. The first kappa shape index (κ1) is 7.79. The van der Waals surface area contributed by atoms with Crippen molar-refractivity contribution >= 4 is 39.3 Å². The van der Waals surface area contributed by atoms with Gasteiger partial charge in [0.1, 0.15) is 3.53 Å².